The first-order valence-corrected chi connectivity index (χ1v) is 6.04. The molecular formula is C10H23NS. The molecule has 0 aliphatic rings. The quantitative estimate of drug-likeness (QED) is 0.661. The van der Waals surface area contributed by atoms with E-state index < -0.39 is 0 Å². The summed E-state index contributed by atoms with van der Waals surface area (Å²) in [6, 6.07) is 0. The molecule has 74 valence electrons. The monoisotopic (exact) mass is 189 g/mol. The Bertz CT molecular complexity index is 93.8. The molecule has 0 bridgehead atoms. The highest BCUT2D eigenvalue weighted by atomic mass is 32.2. The van der Waals surface area contributed by atoms with Crippen molar-refractivity contribution in [2.24, 2.45) is 5.92 Å². The summed E-state index contributed by atoms with van der Waals surface area (Å²) in [7, 11) is 0. The van der Waals surface area contributed by atoms with Gasteiger partial charge in [0, 0.05) is 11.8 Å². The number of hydrogen-bond donors (Lipinski definition) is 1. The predicted molar refractivity (Wildman–Crippen MR) is 59.9 cm³/mol. The van der Waals surface area contributed by atoms with Gasteiger partial charge in [-0.3, -0.25) is 0 Å². The fraction of sp³-hybridized carbons (Fsp3) is 1.00. The maximum absolute atomic E-state index is 3.47. The third kappa shape index (κ3) is 8.41. The lowest BCUT2D eigenvalue weighted by Gasteiger charge is -2.12. The molecular weight excluding hydrogens is 166 g/mol. The van der Waals surface area contributed by atoms with Gasteiger partial charge in [-0.2, -0.15) is 11.8 Å². The maximum Gasteiger partial charge on any atom is 0.0144 e. The molecule has 0 radical (unpaired) electrons. The summed E-state index contributed by atoms with van der Waals surface area (Å²) < 4.78 is 0. The van der Waals surface area contributed by atoms with Crippen LogP contribution in [0.15, 0.2) is 0 Å². The van der Waals surface area contributed by atoms with Crippen molar-refractivity contribution in [2.75, 3.05) is 18.8 Å². The zero-order valence-corrected chi connectivity index (χ0v) is 9.71. The fourth-order valence-electron chi connectivity index (χ4n) is 0.953. The minimum absolute atomic E-state index is 0.767. The molecule has 0 fully saturated rings. The molecule has 1 unspecified atom stereocenters. The van der Waals surface area contributed by atoms with Crippen LogP contribution in [0.2, 0.25) is 0 Å². The van der Waals surface area contributed by atoms with Crippen LogP contribution in [-0.2, 0) is 0 Å². The molecule has 0 aromatic rings. The van der Waals surface area contributed by atoms with Gasteiger partial charge in [0.2, 0.25) is 0 Å². The summed E-state index contributed by atoms with van der Waals surface area (Å²) in [5.74, 6) is 2.07. The molecule has 1 atom stereocenters. The summed E-state index contributed by atoms with van der Waals surface area (Å²) >= 11 is 2.07. The molecule has 1 N–H and O–H groups in total. The zero-order valence-electron chi connectivity index (χ0n) is 8.89. The highest BCUT2D eigenvalue weighted by molar-refractivity contribution is 7.99. The Morgan fingerprint density at radius 2 is 1.83 bits per heavy atom. The zero-order chi connectivity index (χ0) is 9.40. The summed E-state index contributed by atoms with van der Waals surface area (Å²) in [5, 5.41) is 4.24. The lowest BCUT2D eigenvalue weighted by atomic mass is 10.2. The Balaban J connectivity index is 3.13. The van der Waals surface area contributed by atoms with E-state index in [1.54, 1.807) is 0 Å². The van der Waals surface area contributed by atoms with Crippen LogP contribution in [0, 0.1) is 5.92 Å². The van der Waals surface area contributed by atoms with E-state index in [1.807, 2.05) is 0 Å². The van der Waals surface area contributed by atoms with E-state index in [0.29, 0.717) is 0 Å². The Morgan fingerprint density at radius 1 is 1.17 bits per heavy atom. The molecule has 0 aliphatic heterocycles. The minimum Gasteiger partial charge on any atom is -0.315 e. The van der Waals surface area contributed by atoms with Gasteiger partial charge in [0.15, 0.2) is 0 Å². The largest absolute Gasteiger partial charge is 0.315 e. The molecule has 12 heavy (non-hydrogen) atoms. The van der Waals surface area contributed by atoms with Crippen LogP contribution in [0.3, 0.4) is 0 Å². The molecule has 0 aliphatic carbocycles. The van der Waals surface area contributed by atoms with Crippen molar-refractivity contribution in [3.05, 3.63) is 0 Å². The Morgan fingerprint density at radius 3 is 2.33 bits per heavy atom. The first kappa shape index (κ1) is 12.3. The van der Waals surface area contributed by atoms with Gasteiger partial charge in [-0.25, -0.2) is 0 Å². The van der Waals surface area contributed by atoms with E-state index in [4.69, 9.17) is 0 Å². The molecule has 0 saturated carbocycles. The summed E-state index contributed by atoms with van der Waals surface area (Å²) in [6.07, 6.45) is 1.29. The van der Waals surface area contributed by atoms with Crippen LogP contribution in [0.25, 0.3) is 0 Å². The van der Waals surface area contributed by atoms with Crippen molar-refractivity contribution in [3.63, 3.8) is 0 Å². The first-order chi connectivity index (χ1) is 5.66. The van der Waals surface area contributed by atoms with Gasteiger partial charge in [-0.1, -0.05) is 27.7 Å². The molecule has 1 nitrogen and oxygen atoms in total. The number of rotatable bonds is 7. The number of hydrogen-bond acceptors (Lipinski definition) is 2. The van der Waals surface area contributed by atoms with Crippen LogP contribution in [-0.4, -0.2) is 24.1 Å². The second kappa shape index (κ2) is 7.93. The smallest absolute Gasteiger partial charge is 0.0144 e. The SMILES string of the molecule is CCCSC(C)CNCC(C)C. The number of nitrogens with one attached hydrogen (secondary N) is 1. The van der Waals surface area contributed by atoms with Crippen molar-refractivity contribution in [1.82, 2.24) is 5.32 Å². The van der Waals surface area contributed by atoms with Crippen LogP contribution >= 0.6 is 11.8 Å². The average molecular weight is 189 g/mol. The van der Waals surface area contributed by atoms with Gasteiger partial charge in [0.05, 0.1) is 0 Å². The molecule has 0 heterocycles. The van der Waals surface area contributed by atoms with Crippen LogP contribution in [0.1, 0.15) is 34.1 Å². The topological polar surface area (TPSA) is 12.0 Å². The van der Waals surface area contributed by atoms with Gasteiger partial charge in [-0.15, -0.1) is 0 Å². The summed E-state index contributed by atoms with van der Waals surface area (Å²) in [4.78, 5) is 0. The van der Waals surface area contributed by atoms with E-state index in [2.05, 4.69) is 44.8 Å². The van der Waals surface area contributed by atoms with Crippen LogP contribution in [0.4, 0.5) is 0 Å². The van der Waals surface area contributed by atoms with E-state index in [9.17, 15) is 0 Å². The van der Waals surface area contributed by atoms with E-state index in [0.717, 1.165) is 24.3 Å². The Hall–Kier alpha value is 0.310. The lowest BCUT2D eigenvalue weighted by molar-refractivity contribution is 0.554. The van der Waals surface area contributed by atoms with Crippen LogP contribution < -0.4 is 5.32 Å². The van der Waals surface area contributed by atoms with Gasteiger partial charge in [0.1, 0.15) is 0 Å². The van der Waals surface area contributed by atoms with Gasteiger partial charge >= 0.3 is 0 Å². The predicted octanol–water partition coefficient (Wildman–Crippen LogP) is 2.76. The highest BCUT2D eigenvalue weighted by Crippen LogP contribution is 2.09. The molecule has 0 spiro atoms. The number of thioether (sulfide) groups is 1. The van der Waals surface area contributed by atoms with Crippen molar-refractivity contribution in [2.45, 2.75) is 39.4 Å². The third-order valence-electron chi connectivity index (χ3n) is 1.59. The van der Waals surface area contributed by atoms with Crippen molar-refractivity contribution >= 4 is 11.8 Å². The normalized spacial score (nSPS) is 13.8. The van der Waals surface area contributed by atoms with Crippen molar-refractivity contribution in [3.8, 4) is 0 Å². The van der Waals surface area contributed by atoms with Crippen molar-refractivity contribution < 1.29 is 0 Å². The van der Waals surface area contributed by atoms with E-state index in [-0.39, 0.29) is 0 Å². The molecule has 0 amide bonds. The van der Waals surface area contributed by atoms with Crippen molar-refractivity contribution in [1.29, 1.82) is 0 Å². The second-order valence-corrected chi connectivity index (χ2v) is 5.28. The van der Waals surface area contributed by atoms with Gasteiger partial charge < -0.3 is 5.32 Å². The molecule has 2 heteroatoms. The lowest BCUT2D eigenvalue weighted by Crippen LogP contribution is -2.26. The van der Waals surface area contributed by atoms with Gasteiger partial charge in [0.25, 0.3) is 0 Å². The summed E-state index contributed by atoms with van der Waals surface area (Å²) in [5.41, 5.74) is 0. The standard InChI is InChI=1S/C10H23NS/c1-5-6-12-10(4)8-11-7-9(2)3/h9-11H,5-8H2,1-4H3. The first-order valence-electron chi connectivity index (χ1n) is 4.99. The van der Waals surface area contributed by atoms with Crippen LogP contribution in [0.5, 0.6) is 0 Å². The Labute approximate surface area is 81.7 Å². The molecule has 0 saturated heterocycles. The maximum atomic E-state index is 3.47. The second-order valence-electron chi connectivity index (χ2n) is 3.73. The molecule has 0 rings (SSSR count). The van der Waals surface area contributed by atoms with Gasteiger partial charge in [-0.05, 0) is 24.6 Å². The fourth-order valence-corrected chi connectivity index (χ4v) is 1.83. The third-order valence-corrected chi connectivity index (χ3v) is 2.97. The minimum atomic E-state index is 0.767. The van der Waals surface area contributed by atoms with E-state index >= 15 is 0 Å². The highest BCUT2D eigenvalue weighted by Gasteiger charge is 2.01. The molecule has 0 aromatic carbocycles. The molecule has 0 aromatic heterocycles. The average Bonchev–Trinajstić information content (AvgIpc) is 2.00. The van der Waals surface area contributed by atoms with E-state index in [1.165, 1.54) is 12.2 Å². The summed E-state index contributed by atoms with van der Waals surface area (Å²) in [6.45, 7) is 11.3. The Kier molecular flexibility index (Phi) is 8.14.